The molecule has 3 saturated heterocycles. The third-order valence-corrected chi connectivity index (χ3v) is 7.89. The van der Waals surface area contributed by atoms with E-state index in [4.69, 9.17) is 5.73 Å². The predicted octanol–water partition coefficient (Wildman–Crippen LogP) is 1.97. The van der Waals surface area contributed by atoms with Gasteiger partial charge in [-0.05, 0) is 61.8 Å². The van der Waals surface area contributed by atoms with Crippen molar-refractivity contribution in [3.63, 3.8) is 0 Å². The smallest absolute Gasteiger partial charge is 0.264 e. The maximum absolute atomic E-state index is 13.1. The zero-order valence-electron chi connectivity index (χ0n) is 15.2. The van der Waals surface area contributed by atoms with Crippen LogP contribution >= 0.6 is 11.3 Å². The molecule has 0 aromatic carbocycles. The van der Waals surface area contributed by atoms with Crippen molar-refractivity contribution in [3.8, 4) is 6.07 Å². The zero-order valence-corrected chi connectivity index (χ0v) is 16.0. The lowest BCUT2D eigenvalue weighted by Gasteiger charge is -2.41. The molecule has 142 valence electrons. The Morgan fingerprint density at radius 1 is 1.19 bits per heavy atom. The second-order valence-corrected chi connectivity index (χ2v) is 9.47. The molecule has 7 heteroatoms. The Balaban J connectivity index is 1.29. The summed E-state index contributed by atoms with van der Waals surface area (Å²) < 4.78 is 0. The third kappa shape index (κ3) is 2.69. The molecule has 4 fully saturated rings. The molecule has 1 aromatic heterocycles. The van der Waals surface area contributed by atoms with E-state index in [9.17, 15) is 14.9 Å². The first-order valence-electron chi connectivity index (χ1n) is 9.92. The van der Waals surface area contributed by atoms with Gasteiger partial charge >= 0.3 is 0 Å². The van der Waals surface area contributed by atoms with Crippen molar-refractivity contribution in [2.75, 3.05) is 0 Å². The molecule has 5 rings (SSSR count). The number of carbonyl (C=O) groups is 2. The predicted molar refractivity (Wildman–Crippen MR) is 101 cm³/mol. The number of fused-ring (bicyclic) bond motifs is 3. The van der Waals surface area contributed by atoms with E-state index in [0.29, 0.717) is 5.92 Å². The topological polar surface area (TPSA) is 90.4 Å². The van der Waals surface area contributed by atoms with Gasteiger partial charge < -0.3 is 15.5 Å². The van der Waals surface area contributed by atoms with Crippen molar-refractivity contribution in [2.45, 2.75) is 68.7 Å². The first-order chi connectivity index (χ1) is 13.1. The van der Waals surface area contributed by atoms with E-state index < -0.39 is 6.04 Å². The molecule has 0 radical (unpaired) electrons. The molecule has 2 amide bonds. The van der Waals surface area contributed by atoms with Crippen LogP contribution in [0.4, 0.5) is 0 Å². The van der Waals surface area contributed by atoms with E-state index in [0.717, 1.165) is 43.4 Å². The number of hydrogen-bond donors (Lipinski definition) is 1. The molecule has 1 saturated carbocycles. The number of hydrogen-bond acceptors (Lipinski definition) is 5. The standard InChI is InChI=1S/C20H24N4O2S/c21-10-15-6-11-9-16(11)24(15)20(26)18(22)12-7-13-3-4-14(8-12)23(13)19(25)17-2-1-5-27-17/h1-2,5,11-16,18H,3-4,6-9,22H2. The molecule has 4 aliphatic rings. The minimum Gasteiger partial charge on any atom is -0.332 e. The molecule has 6 atom stereocenters. The summed E-state index contributed by atoms with van der Waals surface area (Å²) in [4.78, 5) is 30.5. The van der Waals surface area contributed by atoms with Crippen LogP contribution in [0.1, 0.15) is 48.2 Å². The Kier molecular flexibility index (Phi) is 4.03. The van der Waals surface area contributed by atoms with Crippen molar-refractivity contribution in [1.82, 2.24) is 9.80 Å². The van der Waals surface area contributed by atoms with Gasteiger partial charge in [-0.2, -0.15) is 5.26 Å². The Hall–Kier alpha value is -1.91. The molecule has 27 heavy (non-hydrogen) atoms. The normalized spacial score (nSPS) is 37.6. The highest BCUT2D eigenvalue weighted by atomic mass is 32.1. The van der Waals surface area contributed by atoms with E-state index in [1.54, 1.807) is 4.90 Å². The number of likely N-dealkylation sites (tertiary alicyclic amines) is 1. The lowest BCUT2D eigenvalue weighted by Crippen LogP contribution is -2.55. The van der Waals surface area contributed by atoms with Gasteiger partial charge in [-0.25, -0.2) is 0 Å². The summed E-state index contributed by atoms with van der Waals surface area (Å²) in [6.45, 7) is 0. The summed E-state index contributed by atoms with van der Waals surface area (Å²) >= 11 is 1.49. The van der Waals surface area contributed by atoms with Crippen molar-refractivity contribution >= 4 is 23.2 Å². The molecule has 4 heterocycles. The van der Waals surface area contributed by atoms with Gasteiger partial charge in [-0.1, -0.05) is 6.07 Å². The maximum Gasteiger partial charge on any atom is 0.264 e. The van der Waals surface area contributed by atoms with Crippen molar-refractivity contribution in [1.29, 1.82) is 5.26 Å². The van der Waals surface area contributed by atoms with Gasteiger partial charge in [-0.3, -0.25) is 9.59 Å². The summed E-state index contributed by atoms with van der Waals surface area (Å²) in [6, 6.07) is 5.82. The van der Waals surface area contributed by atoms with Crippen LogP contribution in [0.25, 0.3) is 0 Å². The van der Waals surface area contributed by atoms with E-state index >= 15 is 0 Å². The van der Waals surface area contributed by atoms with Crippen molar-refractivity contribution in [2.24, 2.45) is 17.6 Å². The quantitative estimate of drug-likeness (QED) is 0.863. The van der Waals surface area contributed by atoms with Crippen LogP contribution in [-0.2, 0) is 4.79 Å². The highest BCUT2D eigenvalue weighted by Crippen LogP contribution is 2.48. The Morgan fingerprint density at radius 2 is 1.93 bits per heavy atom. The molecule has 1 aliphatic carbocycles. The number of nitriles is 1. The summed E-state index contributed by atoms with van der Waals surface area (Å²) in [5, 5.41) is 11.3. The van der Waals surface area contributed by atoms with Crippen LogP contribution in [0, 0.1) is 23.2 Å². The number of carbonyl (C=O) groups excluding carboxylic acids is 2. The average Bonchev–Trinajstić information content (AvgIpc) is 3.03. The minimum absolute atomic E-state index is 0.0472. The average molecular weight is 385 g/mol. The lowest BCUT2D eigenvalue weighted by atomic mass is 9.84. The van der Waals surface area contributed by atoms with E-state index in [-0.39, 0.29) is 41.9 Å². The van der Waals surface area contributed by atoms with Crippen LogP contribution in [-0.4, -0.2) is 51.8 Å². The second-order valence-electron chi connectivity index (χ2n) is 8.52. The fourth-order valence-electron chi connectivity index (χ4n) is 5.63. The van der Waals surface area contributed by atoms with Gasteiger partial charge in [0.25, 0.3) is 5.91 Å². The Bertz CT molecular complexity index is 789. The molecule has 6 nitrogen and oxygen atoms in total. The van der Waals surface area contributed by atoms with E-state index in [1.807, 2.05) is 22.4 Å². The number of rotatable bonds is 3. The van der Waals surface area contributed by atoms with Crippen LogP contribution < -0.4 is 5.73 Å². The summed E-state index contributed by atoms with van der Waals surface area (Å²) in [6.07, 6.45) is 5.40. The third-order valence-electron chi connectivity index (χ3n) is 7.04. The Labute approximate surface area is 162 Å². The van der Waals surface area contributed by atoms with Gasteiger partial charge in [0.2, 0.25) is 5.91 Å². The molecular weight excluding hydrogens is 360 g/mol. The molecule has 6 unspecified atom stereocenters. The number of nitrogens with zero attached hydrogens (tertiary/aromatic N) is 3. The largest absolute Gasteiger partial charge is 0.332 e. The number of amides is 2. The lowest BCUT2D eigenvalue weighted by molar-refractivity contribution is -0.135. The van der Waals surface area contributed by atoms with Gasteiger partial charge in [0.15, 0.2) is 0 Å². The highest BCUT2D eigenvalue weighted by molar-refractivity contribution is 7.12. The number of thiophene rings is 1. The summed E-state index contributed by atoms with van der Waals surface area (Å²) in [5.41, 5.74) is 6.44. The van der Waals surface area contributed by atoms with Crippen molar-refractivity contribution in [3.05, 3.63) is 22.4 Å². The molecule has 3 aliphatic heterocycles. The molecular formula is C20H24N4O2S. The first-order valence-corrected chi connectivity index (χ1v) is 10.8. The minimum atomic E-state index is -0.553. The molecule has 0 spiro atoms. The molecule has 2 bridgehead atoms. The number of nitrogens with two attached hydrogens (primary N) is 1. The fraction of sp³-hybridized carbons (Fsp3) is 0.650. The first kappa shape index (κ1) is 17.2. The zero-order chi connectivity index (χ0) is 18.7. The van der Waals surface area contributed by atoms with Crippen LogP contribution in [0.5, 0.6) is 0 Å². The van der Waals surface area contributed by atoms with E-state index in [1.165, 1.54) is 11.3 Å². The van der Waals surface area contributed by atoms with Gasteiger partial charge in [-0.15, -0.1) is 11.3 Å². The Morgan fingerprint density at radius 3 is 2.56 bits per heavy atom. The highest BCUT2D eigenvalue weighted by Gasteiger charge is 2.56. The molecule has 2 N–H and O–H groups in total. The van der Waals surface area contributed by atoms with Crippen LogP contribution in [0.3, 0.4) is 0 Å². The fourth-order valence-corrected chi connectivity index (χ4v) is 6.30. The SMILES string of the molecule is N#CC1CC2CC2N1C(=O)C(N)C1CC2CCC(C1)N2C(=O)c1cccs1. The van der Waals surface area contributed by atoms with Crippen LogP contribution in [0.15, 0.2) is 17.5 Å². The van der Waals surface area contributed by atoms with Gasteiger partial charge in [0.05, 0.1) is 17.0 Å². The van der Waals surface area contributed by atoms with Crippen molar-refractivity contribution < 1.29 is 9.59 Å². The van der Waals surface area contributed by atoms with E-state index in [2.05, 4.69) is 6.07 Å². The van der Waals surface area contributed by atoms with Crippen LogP contribution in [0.2, 0.25) is 0 Å². The summed E-state index contributed by atoms with van der Waals surface area (Å²) in [7, 11) is 0. The monoisotopic (exact) mass is 384 g/mol. The maximum atomic E-state index is 13.1. The summed E-state index contributed by atoms with van der Waals surface area (Å²) in [5.74, 6) is 0.682. The van der Waals surface area contributed by atoms with Gasteiger partial charge in [0.1, 0.15) is 6.04 Å². The number of piperidine rings is 2. The second kappa shape index (κ2) is 6.32. The molecule has 1 aromatic rings. The van der Waals surface area contributed by atoms with Gasteiger partial charge in [0, 0.05) is 18.1 Å².